The van der Waals surface area contributed by atoms with Crippen molar-refractivity contribution >= 4 is 5.91 Å². The summed E-state index contributed by atoms with van der Waals surface area (Å²) in [6.45, 7) is 1.59. The van der Waals surface area contributed by atoms with E-state index in [9.17, 15) is 4.79 Å². The van der Waals surface area contributed by atoms with Gasteiger partial charge in [-0.05, 0) is 24.5 Å². The van der Waals surface area contributed by atoms with Gasteiger partial charge in [-0.3, -0.25) is 9.48 Å². The van der Waals surface area contributed by atoms with Gasteiger partial charge in [0.15, 0.2) is 0 Å². The van der Waals surface area contributed by atoms with Crippen LogP contribution in [-0.4, -0.2) is 33.7 Å². The predicted molar refractivity (Wildman–Crippen MR) is 108 cm³/mol. The number of hydrogen-bond acceptors (Lipinski definition) is 2. The second kappa shape index (κ2) is 7.78. The zero-order valence-corrected chi connectivity index (χ0v) is 15.7. The Morgan fingerprint density at radius 2 is 1.70 bits per heavy atom. The van der Waals surface area contributed by atoms with Gasteiger partial charge in [-0.2, -0.15) is 5.10 Å². The van der Waals surface area contributed by atoms with Crippen LogP contribution in [0.2, 0.25) is 0 Å². The van der Waals surface area contributed by atoms with Crippen molar-refractivity contribution < 1.29 is 4.79 Å². The monoisotopic (exact) mass is 359 g/mol. The Kier molecular flexibility index (Phi) is 5.05. The van der Waals surface area contributed by atoms with Gasteiger partial charge in [0.1, 0.15) is 5.69 Å². The number of hydrogen-bond donors (Lipinski definition) is 0. The van der Waals surface area contributed by atoms with Crippen molar-refractivity contribution in [2.45, 2.75) is 25.2 Å². The minimum Gasteiger partial charge on any atom is -0.337 e. The summed E-state index contributed by atoms with van der Waals surface area (Å²) in [7, 11) is 1.85. The summed E-state index contributed by atoms with van der Waals surface area (Å²) in [4.78, 5) is 15.3. The summed E-state index contributed by atoms with van der Waals surface area (Å²) >= 11 is 0. The van der Waals surface area contributed by atoms with Gasteiger partial charge >= 0.3 is 0 Å². The lowest BCUT2D eigenvalue weighted by Gasteiger charge is -2.24. The van der Waals surface area contributed by atoms with Crippen LogP contribution in [0.5, 0.6) is 0 Å². The van der Waals surface area contributed by atoms with Gasteiger partial charge < -0.3 is 4.90 Å². The smallest absolute Gasteiger partial charge is 0.272 e. The van der Waals surface area contributed by atoms with E-state index in [-0.39, 0.29) is 5.91 Å². The summed E-state index contributed by atoms with van der Waals surface area (Å²) < 4.78 is 1.72. The normalized spacial score (nSPS) is 17.5. The van der Waals surface area contributed by atoms with E-state index < -0.39 is 0 Å². The molecule has 1 aliphatic rings. The quantitative estimate of drug-likeness (QED) is 0.691. The molecule has 1 aliphatic heterocycles. The third-order valence-electron chi connectivity index (χ3n) is 5.40. The van der Waals surface area contributed by atoms with Gasteiger partial charge in [0.05, 0.1) is 5.69 Å². The molecule has 0 spiro atoms. The van der Waals surface area contributed by atoms with E-state index in [0.717, 1.165) is 43.6 Å². The van der Waals surface area contributed by atoms with Crippen LogP contribution >= 0.6 is 0 Å². The van der Waals surface area contributed by atoms with E-state index in [1.165, 1.54) is 5.56 Å². The number of likely N-dealkylation sites (tertiary alicyclic amines) is 1. The summed E-state index contributed by atoms with van der Waals surface area (Å²) in [6, 6.07) is 22.5. The summed E-state index contributed by atoms with van der Waals surface area (Å²) in [5.74, 6) is 0.481. The lowest BCUT2D eigenvalue weighted by molar-refractivity contribution is 0.0743. The second-order valence-electron chi connectivity index (χ2n) is 7.26. The van der Waals surface area contributed by atoms with Crippen molar-refractivity contribution in [3.05, 3.63) is 78.0 Å². The third-order valence-corrected chi connectivity index (χ3v) is 5.40. The molecular weight excluding hydrogens is 334 g/mol. The first-order valence-electron chi connectivity index (χ1n) is 9.66. The highest BCUT2D eigenvalue weighted by Gasteiger charge is 2.26. The number of aromatic nitrogens is 2. The maximum Gasteiger partial charge on any atom is 0.272 e. The van der Waals surface area contributed by atoms with Gasteiger partial charge in [0.25, 0.3) is 5.91 Å². The van der Waals surface area contributed by atoms with Crippen molar-refractivity contribution in [3.63, 3.8) is 0 Å². The average molecular weight is 359 g/mol. The van der Waals surface area contributed by atoms with Crippen LogP contribution in [0.1, 0.15) is 41.2 Å². The maximum atomic E-state index is 13.3. The van der Waals surface area contributed by atoms with Crippen LogP contribution < -0.4 is 0 Å². The maximum absolute atomic E-state index is 13.3. The van der Waals surface area contributed by atoms with Gasteiger partial charge in [0.2, 0.25) is 0 Å². The molecule has 0 saturated carbocycles. The Labute approximate surface area is 160 Å². The van der Waals surface area contributed by atoms with E-state index in [4.69, 9.17) is 0 Å². The SMILES string of the molecule is Cn1nc(-c2ccccc2)cc1C(=O)N1CCCC[C@H](c2ccccc2)C1. The molecule has 2 aromatic carbocycles. The van der Waals surface area contributed by atoms with Gasteiger partial charge in [-0.25, -0.2) is 0 Å². The molecule has 1 aromatic heterocycles. The number of carbonyl (C=O) groups excluding carboxylic acids is 1. The van der Waals surface area contributed by atoms with Gasteiger partial charge in [-0.15, -0.1) is 0 Å². The van der Waals surface area contributed by atoms with Crippen LogP contribution in [-0.2, 0) is 7.05 Å². The molecule has 0 N–H and O–H groups in total. The standard InChI is InChI=1S/C23H25N3O/c1-25-22(16-21(24-25)19-12-6-3-7-13-19)23(27)26-15-9-8-14-20(17-26)18-10-4-2-5-11-18/h2-7,10-13,16,20H,8-9,14-15,17H2,1H3/t20-/m0/s1. The highest BCUT2D eigenvalue weighted by molar-refractivity contribution is 5.93. The van der Waals surface area contributed by atoms with E-state index in [0.29, 0.717) is 11.6 Å². The Balaban J connectivity index is 1.57. The molecule has 4 heteroatoms. The largest absolute Gasteiger partial charge is 0.337 e. The van der Waals surface area contributed by atoms with Crippen molar-refractivity contribution in [1.82, 2.24) is 14.7 Å². The molecule has 138 valence electrons. The minimum absolute atomic E-state index is 0.0787. The van der Waals surface area contributed by atoms with E-state index in [1.54, 1.807) is 4.68 Å². The Morgan fingerprint density at radius 3 is 2.44 bits per heavy atom. The van der Waals surface area contributed by atoms with Gasteiger partial charge in [-0.1, -0.05) is 67.1 Å². The molecule has 4 nitrogen and oxygen atoms in total. The van der Waals surface area contributed by atoms with Crippen LogP contribution in [0.4, 0.5) is 0 Å². The lowest BCUT2D eigenvalue weighted by Crippen LogP contribution is -2.35. The third kappa shape index (κ3) is 3.80. The number of aryl methyl sites for hydroxylation is 1. The van der Waals surface area contributed by atoms with E-state index >= 15 is 0 Å². The molecule has 1 amide bonds. The van der Waals surface area contributed by atoms with E-state index in [1.807, 2.05) is 54.4 Å². The zero-order valence-electron chi connectivity index (χ0n) is 15.7. The summed E-state index contributed by atoms with van der Waals surface area (Å²) in [5.41, 5.74) is 3.86. The number of amides is 1. The Hall–Kier alpha value is -2.88. The lowest BCUT2D eigenvalue weighted by atomic mass is 9.94. The second-order valence-corrected chi connectivity index (χ2v) is 7.26. The molecule has 0 radical (unpaired) electrons. The molecule has 1 fully saturated rings. The fraction of sp³-hybridized carbons (Fsp3) is 0.304. The predicted octanol–water partition coefficient (Wildman–Crippen LogP) is 4.50. The fourth-order valence-electron chi connectivity index (χ4n) is 3.90. The molecule has 0 aliphatic carbocycles. The molecule has 1 atom stereocenters. The number of benzene rings is 2. The zero-order chi connectivity index (χ0) is 18.6. The molecular formula is C23H25N3O. The fourth-order valence-corrected chi connectivity index (χ4v) is 3.90. The Morgan fingerprint density at radius 1 is 1.00 bits per heavy atom. The molecule has 0 unspecified atom stereocenters. The first kappa shape index (κ1) is 17.5. The Bertz CT molecular complexity index is 902. The highest BCUT2D eigenvalue weighted by Crippen LogP contribution is 2.27. The number of carbonyl (C=O) groups is 1. The minimum atomic E-state index is 0.0787. The van der Waals surface area contributed by atoms with Crippen molar-refractivity contribution in [1.29, 1.82) is 0 Å². The van der Waals surface area contributed by atoms with Crippen molar-refractivity contribution in [2.75, 3.05) is 13.1 Å². The molecule has 27 heavy (non-hydrogen) atoms. The summed E-state index contributed by atoms with van der Waals surface area (Å²) in [6.07, 6.45) is 3.34. The van der Waals surface area contributed by atoms with Gasteiger partial charge in [0, 0.05) is 31.6 Å². The van der Waals surface area contributed by atoms with Crippen LogP contribution in [0, 0.1) is 0 Å². The first-order valence-corrected chi connectivity index (χ1v) is 9.66. The first-order chi connectivity index (χ1) is 13.2. The van der Waals surface area contributed by atoms with Crippen LogP contribution in [0.15, 0.2) is 66.7 Å². The van der Waals surface area contributed by atoms with Crippen LogP contribution in [0.3, 0.4) is 0 Å². The summed E-state index contributed by atoms with van der Waals surface area (Å²) in [5, 5.41) is 4.57. The van der Waals surface area contributed by atoms with E-state index in [2.05, 4.69) is 29.4 Å². The average Bonchev–Trinajstić information content (AvgIpc) is 2.94. The molecule has 2 heterocycles. The van der Waals surface area contributed by atoms with Crippen molar-refractivity contribution in [3.8, 4) is 11.3 Å². The molecule has 0 bridgehead atoms. The van der Waals surface area contributed by atoms with Crippen molar-refractivity contribution in [2.24, 2.45) is 7.05 Å². The molecule has 3 aromatic rings. The number of nitrogens with zero attached hydrogens (tertiary/aromatic N) is 3. The number of rotatable bonds is 3. The topological polar surface area (TPSA) is 38.1 Å². The molecule has 4 rings (SSSR count). The van der Waals surface area contributed by atoms with Crippen LogP contribution in [0.25, 0.3) is 11.3 Å². The highest BCUT2D eigenvalue weighted by atomic mass is 16.2. The molecule has 1 saturated heterocycles.